The van der Waals surface area contributed by atoms with Crippen molar-refractivity contribution in [1.82, 2.24) is 5.32 Å². The quantitative estimate of drug-likeness (QED) is 0.876. The van der Waals surface area contributed by atoms with Crippen LogP contribution >= 0.6 is 0 Å². The summed E-state index contributed by atoms with van der Waals surface area (Å²) in [6.07, 6.45) is 2.89. The molecule has 2 rings (SSSR count). The van der Waals surface area contributed by atoms with Crippen LogP contribution in [0, 0.1) is 5.92 Å². The fourth-order valence-corrected chi connectivity index (χ4v) is 2.58. The first-order valence-electron chi connectivity index (χ1n) is 7.34. The van der Waals surface area contributed by atoms with Crippen LogP contribution in [0.5, 0.6) is 0 Å². The molecule has 1 N–H and O–H groups in total. The van der Waals surface area contributed by atoms with E-state index in [0.717, 1.165) is 19.1 Å². The van der Waals surface area contributed by atoms with Crippen molar-refractivity contribution < 1.29 is 4.74 Å². The van der Waals surface area contributed by atoms with Gasteiger partial charge in [-0.15, -0.1) is 0 Å². The molecule has 1 aromatic rings. The second kappa shape index (κ2) is 6.06. The molecule has 19 heavy (non-hydrogen) atoms. The topological polar surface area (TPSA) is 21.3 Å². The summed E-state index contributed by atoms with van der Waals surface area (Å²) in [5, 5.41) is 3.23. The van der Waals surface area contributed by atoms with Crippen LogP contribution in [0.1, 0.15) is 44.7 Å². The maximum atomic E-state index is 5.94. The van der Waals surface area contributed by atoms with E-state index in [0.29, 0.717) is 6.10 Å². The van der Waals surface area contributed by atoms with Gasteiger partial charge in [-0.05, 0) is 48.9 Å². The molecular weight excluding hydrogens is 234 g/mol. The minimum absolute atomic E-state index is 0.230. The van der Waals surface area contributed by atoms with Gasteiger partial charge in [-0.3, -0.25) is 0 Å². The zero-order chi connectivity index (χ0) is 13.9. The first kappa shape index (κ1) is 14.5. The number of nitrogens with one attached hydrogen (secondary N) is 1. The van der Waals surface area contributed by atoms with E-state index >= 15 is 0 Å². The average Bonchev–Trinajstić information content (AvgIpc) is 2.31. The zero-order valence-corrected chi connectivity index (χ0v) is 12.7. The molecule has 0 aromatic heterocycles. The number of ether oxygens (including phenoxy) is 1. The van der Waals surface area contributed by atoms with Gasteiger partial charge in [-0.1, -0.05) is 45.0 Å². The van der Waals surface area contributed by atoms with Crippen LogP contribution in [0.15, 0.2) is 24.3 Å². The van der Waals surface area contributed by atoms with Crippen molar-refractivity contribution in [2.45, 2.75) is 51.7 Å². The zero-order valence-electron chi connectivity index (χ0n) is 12.7. The van der Waals surface area contributed by atoms with Gasteiger partial charge in [0.2, 0.25) is 0 Å². The third-order valence-corrected chi connectivity index (χ3v) is 3.99. The van der Waals surface area contributed by atoms with E-state index in [-0.39, 0.29) is 5.41 Å². The van der Waals surface area contributed by atoms with Crippen LogP contribution in [0.2, 0.25) is 0 Å². The highest BCUT2D eigenvalue weighted by Gasteiger charge is 2.28. The molecule has 106 valence electrons. The van der Waals surface area contributed by atoms with Crippen molar-refractivity contribution in [2.75, 3.05) is 13.6 Å². The van der Waals surface area contributed by atoms with Gasteiger partial charge < -0.3 is 10.1 Å². The molecule has 0 atom stereocenters. The van der Waals surface area contributed by atoms with Gasteiger partial charge in [-0.2, -0.15) is 0 Å². The van der Waals surface area contributed by atoms with E-state index < -0.39 is 0 Å². The first-order valence-corrected chi connectivity index (χ1v) is 7.34. The molecule has 0 saturated heterocycles. The molecule has 0 unspecified atom stereocenters. The Morgan fingerprint density at radius 2 is 1.79 bits per heavy atom. The monoisotopic (exact) mass is 261 g/mol. The molecule has 2 heteroatoms. The predicted octanol–water partition coefficient (Wildman–Crippen LogP) is 3.50. The molecule has 0 heterocycles. The van der Waals surface area contributed by atoms with E-state index in [2.05, 4.69) is 50.4 Å². The van der Waals surface area contributed by atoms with Crippen LogP contribution in [0.3, 0.4) is 0 Å². The fourth-order valence-electron chi connectivity index (χ4n) is 2.58. The van der Waals surface area contributed by atoms with Gasteiger partial charge in [0.15, 0.2) is 0 Å². The molecule has 1 fully saturated rings. The summed E-state index contributed by atoms with van der Waals surface area (Å²) in [7, 11) is 2.02. The summed E-state index contributed by atoms with van der Waals surface area (Å²) >= 11 is 0. The Kier molecular flexibility index (Phi) is 4.64. The Morgan fingerprint density at radius 1 is 1.16 bits per heavy atom. The van der Waals surface area contributed by atoms with Crippen LogP contribution in [0.4, 0.5) is 0 Å². The molecule has 0 aliphatic heterocycles. The van der Waals surface area contributed by atoms with Crippen LogP contribution in [-0.4, -0.2) is 19.7 Å². The van der Waals surface area contributed by atoms with Crippen molar-refractivity contribution in [1.29, 1.82) is 0 Å². The molecule has 1 saturated carbocycles. The van der Waals surface area contributed by atoms with Crippen molar-refractivity contribution in [3.8, 4) is 0 Å². The van der Waals surface area contributed by atoms with Gasteiger partial charge in [0.05, 0.1) is 12.7 Å². The highest BCUT2D eigenvalue weighted by molar-refractivity contribution is 5.27. The molecular formula is C17H27NO. The molecule has 2 nitrogen and oxygen atoms in total. The first-order chi connectivity index (χ1) is 8.99. The lowest BCUT2D eigenvalue weighted by Crippen LogP contribution is -2.36. The third-order valence-electron chi connectivity index (χ3n) is 3.99. The van der Waals surface area contributed by atoms with Gasteiger partial charge in [0.1, 0.15) is 0 Å². The standard InChI is InChI=1S/C17H27NO/c1-17(2,3)15-7-5-13(6-8-15)12-19-16-9-14(10-16)11-18-4/h5-8,14,16,18H,9-12H2,1-4H3. The lowest BCUT2D eigenvalue weighted by molar-refractivity contribution is -0.0391. The van der Waals surface area contributed by atoms with Crippen LogP contribution in [0.25, 0.3) is 0 Å². The maximum absolute atomic E-state index is 5.94. The number of hydrogen-bond donors (Lipinski definition) is 1. The number of hydrogen-bond acceptors (Lipinski definition) is 2. The summed E-state index contributed by atoms with van der Waals surface area (Å²) in [5.74, 6) is 0.818. The fraction of sp³-hybridized carbons (Fsp3) is 0.647. The number of benzene rings is 1. The summed E-state index contributed by atoms with van der Waals surface area (Å²) < 4.78 is 5.94. The normalized spacial score (nSPS) is 23.2. The summed E-state index contributed by atoms with van der Waals surface area (Å²) in [4.78, 5) is 0. The SMILES string of the molecule is CNCC1CC(OCc2ccc(C(C)(C)C)cc2)C1. The predicted molar refractivity (Wildman–Crippen MR) is 80.4 cm³/mol. The lowest BCUT2D eigenvalue weighted by atomic mass is 9.82. The smallest absolute Gasteiger partial charge is 0.0720 e. The Bertz CT molecular complexity index is 385. The molecule has 0 radical (unpaired) electrons. The van der Waals surface area contributed by atoms with E-state index in [9.17, 15) is 0 Å². The molecule has 1 aromatic carbocycles. The molecule has 1 aliphatic rings. The summed E-state index contributed by atoms with van der Waals surface area (Å²) in [6.45, 7) is 8.61. The van der Waals surface area contributed by atoms with Gasteiger partial charge in [0, 0.05) is 0 Å². The highest BCUT2D eigenvalue weighted by Crippen LogP contribution is 2.30. The highest BCUT2D eigenvalue weighted by atomic mass is 16.5. The molecule has 1 aliphatic carbocycles. The van der Waals surface area contributed by atoms with Crippen LogP contribution in [-0.2, 0) is 16.8 Å². The van der Waals surface area contributed by atoms with Crippen molar-refractivity contribution in [2.24, 2.45) is 5.92 Å². The summed E-state index contributed by atoms with van der Waals surface area (Å²) in [6, 6.07) is 8.85. The van der Waals surface area contributed by atoms with Crippen molar-refractivity contribution >= 4 is 0 Å². The minimum Gasteiger partial charge on any atom is -0.374 e. The molecule has 0 spiro atoms. The van der Waals surface area contributed by atoms with E-state index in [1.54, 1.807) is 0 Å². The van der Waals surface area contributed by atoms with E-state index in [1.807, 2.05) is 7.05 Å². The Balaban J connectivity index is 1.75. The van der Waals surface area contributed by atoms with Gasteiger partial charge in [-0.25, -0.2) is 0 Å². The Labute approximate surface area is 117 Å². The molecule has 0 amide bonds. The Hall–Kier alpha value is -0.860. The number of rotatable bonds is 5. The second-order valence-electron chi connectivity index (χ2n) is 6.78. The van der Waals surface area contributed by atoms with Crippen molar-refractivity contribution in [3.05, 3.63) is 35.4 Å². The van der Waals surface area contributed by atoms with Gasteiger partial charge in [0.25, 0.3) is 0 Å². The Morgan fingerprint density at radius 3 is 2.32 bits per heavy atom. The van der Waals surface area contributed by atoms with E-state index in [4.69, 9.17) is 4.74 Å². The van der Waals surface area contributed by atoms with Crippen molar-refractivity contribution in [3.63, 3.8) is 0 Å². The third kappa shape index (κ3) is 4.05. The molecule has 0 bridgehead atoms. The summed E-state index contributed by atoms with van der Waals surface area (Å²) in [5.41, 5.74) is 2.90. The minimum atomic E-state index is 0.230. The average molecular weight is 261 g/mol. The lowest BCUT2D eigenvalue weighted by Gasteiger charge is -2.35. The van der Waals surface area contributed by atoms with Crippen LogP contribution < -0.4 is 5.32 Å². The van der Waals surface area contributed by atoms with Gasteiger partial charge >= 0.3 is 0 Å². The largest absolute Gasteiger partial charge is 0.374 e. The maximum Gasteiger partial charge on any atom is 0.0720 e. The second-order valence-corrected chi connectivity index (χ2v) is 6.78. The van der Waals surface area contributed by atoms with E-state index in [1.165, 1.54) is 24.0 Å².